The summed E-state index contributed by atoms with van der Waals surface area (Å²) in [6.07, 6.45) is -3.47. The first-order valence-electron chi connectivity index (χ1n) is 7.48. The predicted molar refractivity (Wildman–Crippen MR) is 82.6 cm³/mol. The Bertz CT molecular complexity index is 671. The highest BCUT2D eigenvalue weighted by Gasteiger charge is 2.33. The van der Waals surface area contributed by atoms with Crippen LogP contribution in [0.2, 0.25) is 0 Å². The Morgan fingerprint density at radius 1 is 1.26 bits per heavy atom. The van der Waals surface area contributed by atoms with E-state index < -0.39 is 11.9 Å². The van der Waals surface area contributed by atoms with Crippen LogP contribution in [0.4, 0.5) is 13.2 Å². The molecule has 1 aliphatic rings. The van der Waals surface area contributed by atoms with Crippen molar-refractivity contribution >= 4 is 0 Å². The summed E-state index contributed by atoms with van der Waals surface area (Å²) in [6.45, 7) is 4.71. The molecule has 1 atom stereocenters. The predicted octanol–water partition coefficient (Wildman–Crippen LogP) is 4.32. The van der Waals surface area contributed by atoms with Gasteiger partial charge in [-0.1, -0.05) is 32.0 Å². The van der Waals surface area contributed by atoms with Gasteiger partial charge in [0.2, 0.25) is 0 Å². The van der Waals surface area contributed by atoms with Crippen LogP contribution >= 0.6 is 0 Å². The Balaban J connectivity index is 0.000000924. The van der Waals surface area contributed by atoms with Gasteiger partial charge in [-0.2, -0.15) is 13.2 Å². The highest BCUT2D eigenvalue weighted by atomic mass is 19.4. The second kappa shape index (κ2) is 7.10. The van der Waals surface area contributed by atoms with Crippen LogP contribution in [0, 0.1) is 0 Å². The van der Waals surface area contributed by atoms with E-state index in [2.05, 4.69) is 4.98 Å². The molecular formula is C17H19F3N2O. The van der Waals surface area contributed by atoms with Gasteiger partial charge in [0, 0.05) is 12.7 Å². The zero-order chi connectivity index (χ0) is 17.0. The molecule has 0 saturated carbocycles. The Labute approximate surface area is 133 Å². The van der Waals surface area contributed by atoms with E-state index in [0.29, 0.717) is 18.7 Å². The van der Waals surface area contributed by atoms with Crippen molar-refractivity contribution in [3.63, 3.8) is 0 Å². The molecule has 23 heavy (non-hydrogen) atoms. The average molecular weight is 324 g/mol. The standard InChI is InChI=1S/C15H13F3N2O.C2H6/c16-15(17,18)14-6-9(4-5-20-14)10-2-1-3-11-12(10)8-21-13(11)7-19;1-2/h1-6,13H,7-8,19H2;1-2H3. The van der Waals surface area contributed by atoms with Crippen molar-refractivity contribution in [2.45, 2.75) is 32.7 Å². The van der Waals surface area contributed by atoms with Gasteiger partial charge >= 0.3 is 6.18 Å². The minimum atomic E-state index is -4.45. The number of nitrogens with zero attached hydrogens (tertiary/aromatic N) is 1. The Morgan fingerprint density at radius 2 is 2.00 bits per heavy atom. The number of fused-ring (bicyclic) bond motifs is 1. The first-order valence-corrected chi connectivity index (χ1v) is 7.48. The lowest BCUT2D eigenvalue weighted by atomic mass is 9.95. The fourth-order valence-corrected chi connectivity index (χ4v) is 2.56. The van der Waals surface area contributed by atoms with E-state index in [4.69, 9.17) is 10.5 Å². The third-order valence-electron chi connectivity index (χ3n) is 3.56. The van der Waals surface area contributed by atoms with E-state index in [1.165, 1.54) is 6.20 Å². The summed E-state index contributed by atoms with van der Waals surface area (Å²) < 4.78 is 43.9. The number of halogens is 3. The summed E-state index contributed by atoms with van der Waals surface area (Å²) in [4.78, 5) is 3.38. The average Bonchev–Trinajstić information content (AvgIpc) is 2.99. The number of hydrogen-bond donors (Lipinski definition) is 1. The number of benzene rings is 1. The minimum absolute atomic E-state index is 0.191. The lowest BCUT2D eigenvalue weighted by Gasteiger charge is -2.11. The number of aromatic nitrogens is 1. The summed E-state index contributed by atoms with van der Waals surface area (Å²) in [5.41, 5.74) is 7.79. The minimum Gasteiger partial charge on any atom is -0.367 e. The van der Waals surface area contributed by atoms with Crippen molar-refractivity contribution in [3.05, 3.63) is 53.3 Å². The Kier molecular flexibility index (Phi) is 5.38. The third-order valence-corrected chi connectivity index (χ3v) is 3.56. The quantitative estimate of drug-likeness (QED) is 0.895. The summed E-state index contributed by atoms with van der Waals surface area (Å²) in [6, 6.07) is 8.12. The van der Waals surface area contributed by atoms with Crippen LogP contribution in [0.1, 0.15) is 36.8 Å². The van der Waals surface area contributed by atoms with Crippen LogP contribution in [0.3, 0.4) is 0 Å². The van der Waals surface area contributed by atoms with Gasteiger partial charge in [0.15, 0.2) is 0 Å². The highest BCUT2D eigenvalue weighted by molar-refractivity contribution is 5.69. The lowest BCUT2D eigenvalue weighted by molar-refractivity contribution is -0.141. The summed E-state index contributed by atoms with van der Waals surface area (Å²) in [5, 5.41) is 0. The molecule has 1 unspecified atom stereocenters. The van der Waals surface area contributed by atoms with Crippen molar-refractivity contribution in [1.82, 2.24) is 4.98 Å². The molecule has 3 rings (SSSR count). The largest absolute Gasteiger partial charge is 0.433 e. The number of nitrogens with two attached hydrogens (primary N) is 1. The molecule has 0 spiro atoms. The van der Waals surface area contributed by atoms with E-state index in [1.54, 1.807) is 18.2 Å². The second-order valence-electron chi connectivity index (χ2n) is 4.84. The zero-order valence-electron chi connectivity index (χ0n) is 13.0. The molecular weight excluding hydrogens is 305 g/mol. The van der Waals surface area contributed by atoms with E-state index in [-0.39, 0.29) is 6.10 Å². The summed E-state index contributed by atoms with van der Waals surface area (Å²) in [5.74, 6) is 0. The van der Waals surface area contributed by atoms with E-state index in [0.717, 1.165) is 22.8 Å². The van der Waals surface area contributed by atoms with Crippen molar-refractivity contribution in [2.24, 2.45) is 5.73 Å². The van der Waals surface area contributed by atoms with Crippen molar-refractivity contribution in [3.8, 4) is 11.1 Å². The van der Waals surface area contributed by atoms with Crippen molar-refractivity contribution in [1.29, 1.82) is 0 Å². The molecule has 0 amide bonds. The number of ether oxygens (including phenoxy) is 1. The lowest BCUT2D eigenvalue weighted by Crippen LogP contribution is -2.10. The molecule has 0 bridgehead atoms. The molecule has 124 valence electrons. The number of pyridine rings is 1. The molecule has 0 saturated heterocycles. The van der Waals surface area contributed by atoms with Crippen LogP contribution in [-0.4, -0.2) is 11.5 Å². The number of alkyl halides is 3. The molecule has 1 aromatic heterocycles. The van der Waals surface area contributed by atoms with E-state index in [1.807, 2.05) is 19.9 Å². The Hall–Kier alpha value is -1.92. The van der Waals surface area contributed by atoms with Crippen molar-refractivity contribution in [2.75, 3.05) is 6.54 Å². The molecule has 0 aliphatic carbocycles. The maximum Gasteiger partial charge on any atom is 0.433 e. The SMILES string of the molecule is CC.NCC1OCc2c(-c3ccnc(C(F)(F)F)c3)cccc21. The summed E-state index contributed by atoms with van der Waals surface area (Å²) >= 11 is 0. The topological polar surface area (TPSA) is 48.1 Å². The molecule has 6 heteroatoms. The van der Waals surface area contributed by atoms with Gasteiger partial charge in [-0.15, -0.1) is 0 Å². The van der Waals surface area contributed by atoms with Gasteiger partial charge in [0.25, 0.3) is 0 Å². The molecule has 3 nitrogen and oxygen atoms in total. The highest BCUT2D eigenvalue weighted by Crippen LogP contribution is 2.38. The molecule has 2 aromatic rings. The van der Waals surface area contributed by atoms with E-state index >= 15 is 0 Å². The molecule has 2 N–H and O–H groups in total. The molecule has 2 heterocycles. The van der Waals surface area contributed by atoms with Crippen LogP contribution in [0.15, 0.2) is 36.5 Å². The van der Waals surface area contributed by atoms with E-state index in [9.17, 15) is 13.2 Å². The second-order valence-corrected chi connectivity index (χ2v) is 4.84. The van der Waals surface area contributed by atoms with Gasteiger partial charge in [-0.05, 0) is 34.4 Å². The monoisotopic (exact) mass is 324 g/mol. The maximum atomic E-state index is 12.8. The van der Waals surface area contributed by atoms with Gasteiger partial charge in [0.05, 0.1) is 12.7 Å². The molecule has 0 radical (unpaired) electrons. The summed E-state index contributed by atoms with van der Waals surface area (Å²) in [7, 11) is 0. The first kappa shape index (κ1) is 17.4. The zero-order valence-corrected chi connectivity index (χ0v) is 13.0. The fraction of sp³-hybridized carbons (Fsp3) is 0.353. The maximum absolute atomic E-state index is 12.8. The van der Waals surface area contributed by atoms with Crippen LogP contribution in [0.25, 0.3) is 11.1 Å². The van der Waals surface area contributed by atoms with Crippen molar-refractivity contribution < 1.29 is 17.9 Å². The smallest absolute Gasteiger partial charge is 0.367 e. The fourth-order valence-electron chi connectivity index (χ4n) is 2.56. The van der Waals surface area contributed by atoms with Gasteiger partial charge < -0.3 is 10.5 Å². The van der Waals surface area contributed by atoms with Gasteiger partial charge in [-0.25, -0.2) is 0 Å². The first-order chi connectivity index (χ1) is 11.0. The Morgan fingerprint density at radius 3 is 2.65 bits per heavy atom. The van der Waals surface area contributed by atoms with Crippen LogP contribution < -0.4 is 5.73 Å². The van der Waals surface area contributed by atoms with Gasteiger partial charge in [-0.3, -0.25) is 4.98 Å². The third kappa shape index (κ3) is 3.54. The molecule has 0 fully saturated rings. The number of hydrogen-bond acceptors (Lipinski definition) is 3. The number of rotatable bonds is 2. The molecule has 1 aliphatic heterocycles. The molecule has 1 aromatic carbocycles. The van der Waals surface area contributed by atoms with Crippen LogP contribution in [0.5, 0.6) is 0 Å². The van der Waals surface area contributed by atoms with Crippen LogP contribution in [-0.2, 0) is 17.5 Å². The normalized spacial score (nSPS) is 16.5. The van der Waals surface area contributed by atoms with Gasteiger partial charge in [0.1, 0.15) is 5.69 Å².